The van der Waals surface area contributed by atoms with Gasteiger partial charge in [0.25, 0.3) is 0 Å². The van der Waals surface area contributed by atoms with Gasteiger partial charge >= 0.3 is 0 Å². The van der Waals surface area contributed by atoms with Gasteiger partial charge in [-0.1, -0.05) is 39.1 Å². The summed E-state index contributed by atoms with van der Waals surface area (Å²) in [7, 11) is -3.64. The van der Waals surface area contributed by atoms with E-state index in [2.05, 4.69) is 21.2 Å². The number of halogens is 3. The molecule has 0 amide bonds. The summed E-state index contributed by atoms with van der Waals surface area (Å²) in [5.74, 6) is 0.774. The van der Waals surface area contributed by atoms with Crippen molar-refractivity contribution in [2.24, 2.45) is 11.8 Å². The van der Waals surface area contributed by atoms with Crippen molar-refractivity contribution < 1.29 is 8.42 Å². The number of hydrogen-bond donors (Lipinski definition) is 1. The van der Waals surface area contributed by atoms with Crippen molar-refractivity contribution in [3.05, 3.63) is 26.7 Å². The quantitative estimate of drug-likeness (QED) is 0.831. The van der Waals surface area contributed by atoms with Gasteiger partial charge in [0.1, 0.15) is 4.90 Å². The summed E-state index contributed by atoms with van der Waals surface area (Å²) >= 11 is 15.4. The van der Waals surface area contributed by atoms with E-state index < -0.39 is 10.0 Å². The largest absolute Gasteiger partial charge is 0.316 e. The normalized spacial score (nSPS) is 26.9. The van der Waals surface area contributed by atoms with Crippen LogP contribution in [0.5, 0.6) is 0 Å². The fourth-order valence-corrected chi connectivity index (χ4v) is 6.35. The van der Waals surface area contributed by atoms with Crippen molar-refractivity contribution in [3.8, 4) is 0 Å². The Hall–Kier alpha value is 0.150. The van der Waals surface area contributed by atoms with Crippen molar-refractivity contribution >= 4 is 49.2 Å². The van der Waals surface area contributed by atoms with Gasteiger partial charge in [-0.15, -0.1) is 0 Å². The van der Waals surface area contributed by atoms with Crippen LogP contribution in [0.15, 0.2) is 21.5 Å². The van der Waals surface area contributed by atoms with E-state index in [4.69, 9.17) is 23.2 Å². The maximum absolute atomic E-state index is 12.7. The Morgan fingerprint density at radius 1 is 1.15 bits per heavy atom. The molecular formula is C12H13BrCl2N2O2S. The van der Waals surface area contributed by atoms with E-state index in [1.807, 2.05) is 0 Å². The van der Waals surface area contributed by atoms with E-state index in [1.165, 1.54) is 4.31 Å². The fourth-order valence-electron chi connectivity index (χ4n) is 2.91. The number of sulfonamides is 1. The van der Waals surface area contributed by atoms with Gasteiger partial charge in [0, 0.05) is 17.6 Å². The maximum atomic E-state index is 12.7. The number of hydrogen-bond acceptors (Lipinski definition) is 3. The molecule has 20 heavy (non-hydrogen) atoms. The summed E-state index contributed by atoms with van der Waals surface area (Å²) in [5.41, 5.74) is 0. The Balaban J connectivity index is 1.97. The van der Waals surface area contributed by atoms with Gasteiger partial charge in [-0.25, -0.2) is 8.42 Å². The predicted molar refractivity (Wildman–Crippen MR) is 82.8 cm³/mol. The molecule has 0 aliphatic carbocycles. The molecule has 4 nitrogen and oxygen atoms in total. The Kier molecular flexibility index (Phi) is 4.07. The lowest BCUT2D eigenvalue weighted by Gasteiger charge is -2.19. The Bertz CT molecular complexity index is 618. The molecule has 2 fully saturated rings. The number of fused-ring (bicyclic) bond motifs is 1. The van der Waals surface area contributed by atoms with Gasteiger partial charge in [-0.05, 0) is 37.1 Å². The van der Waals surface area contributed by atoms with Crippen molar-refractivity contribution in [1.82, 2.24) is 9.62 Å². The van der Waals surface area contributed by atoms with Gasteiger partial charge in [-0.3, -0.25) is 0 Å². The number of benzene rings is 1. The standard InChI is InChI=1S/C12H13BrCl2N2O2S/c13-9-1-10(14)12(11(15)2-9)20(18,19)17-5-7-3-16-4-8(7)6-17/h1-2,7-8,16H,3-6H2. The van der Waals surface area contributed by atoms with Gasteiger partial charge < -0.3 is 5.32 Å². The molecule has 110 valence electrons. The van der Waals surface area contributed by atoms with Gasteiger partial charge in [0.2, 0.25) is 10.0 Å². The highest BCUT2D eigenvalue weighted by Crippen LogP contribution is 2.37. The molecule has 0 saturated carbocycles. The smallest absolute Gasteiger partial charge is 0.246 e. The average molecular weight is 400 g/mol. The van der Waals surface area contributed by atoms with Crippen LogP contribution >= 0.6 is 39.1 Å². The maximum Gasteiger partial charge on any atom is 0.246 e. The minimum absolute atomic E-state index is 0.0111. The van der Waals surface area contributed by atoms with Crippen molar-refractivity contribution in [3.63, 3.8) is 0 Å². The second-order valence-corrected chi connectivity index (χ2v) is 8.80. The molecule has 2 saturated heterocycles. The van der Waals surface area contributed by atoms with E-state index in [9.17, 15) is 8.42 Å². The van der Waals surface area contributed by atoms with Crippen LogP contribution < -0.4 is 5.32 Å². The third kappa shape index (κ3) is 2.51. The molecule has 1 N–H and O–H groups in total. The van der Waals surface area contributed by atoms with Crippen LogP contribution in [-0.4, -0.2) is 38.9 Å². The first kappa shape index (κ1) is 15.1. The van der Waals surface area contributed by atoms with Crippen LogP contribution in [0.3, 0.4) is 0 Å². The summed E-state index contributed by atoms with van der Waals surface area (Å²) in [6.45, 7) is 2.81. The second-order valence-electron chi connectivity index (χ2n) is 5.20. The number of rotatable bonds is 2. The molecule has 2 heterocycles. The molecular weight excluding hydrogens is 387 g/mol. The van der Waals surface area contributed by atoms with Crippen LogP contribution in [0.2, 0.25) is 10.0 Å². The van der Waals surface area contributed by atoms with Crippen LogP contribution in [-0.2, 0) is 10.0 Å². The molecule has 2 atom stereocenters. The summed E-state index contributed by atoms with van der Waals surface area (Å²) in [6, 6.07) is 3.11. The van der Waals surface area contributed by atoms with E-state index in [-0.39, 0.29) is 14.9 Å². The van der Waals surface area contributed by atoms with Crippen molar-refractivity contribution in [1.29, 1.82) is 0 Å². The van der Waals surface area contributed by atoms with Crippen LogP contribution in [0.4, 0.5) is 0 Å². The molecule has 3 rings (SSSR count). The Labute approximate surface area is 136 Å². The number of nitrogens with zero attached hydrogens (tertiary/aromatic N) is 1. The first-order valence-corrected chi connectivity index (χ1v) is 9.24. The molecule has 1 aromatic carbocycles. The molecule has 0 aromatic heterocycles. The van der Waals surface area contributed by atoms with Crippen molar-refractivity contribution in [2.75, 3.05) is 26.2 Å². The zero-order chi connectivity index (χ0) is 14.5. The predicted octanol–water partition coefficient (Wildman–Crippen LogP) is 2.60. The Morgan fingerprint density at radius 2 is 1.65 bits per heavy atom. The third-order valence-electron chi connectivity index (χ3n) is 3.92. The lowest BCUT2D eigenvalue weighted by molar-refractivity contribution is 0.448. The molecule has 2 unspecified atom stereocenters. The summed E-state index contributed by atoms with van der Waals surface area (Å²) < 4.78 is 27.6. The van der Waals surface area contributed by atoms with E-state index in [0.29, 0.717) is 29.4 Å². The van der Waals surface area contributed by atoms with Crippen LogP contribution in [0.1, 0.15) is 0 Å². The monoisotopic (exact) mass is 398 g/mol. The summed E-state index contributed by atoms with van der Waals surface area (Å²) in [4.78, 5) is 0.0111. The van der Waals surface area contributed by atoms with E-state index in [1.54, 1.807) is 12.1 Å². The van der Waals surface area contributed by atoms with Crippen molar-refractivity contribution in [2.45, 2.75) is 4.90 Å². The zero-order valence-corrected chi connectivity index (χ0v) is 14.4. The lowest BCUT2D eigenvalue weighted by atomic mass is 10.0. The van der Waals surface area contributed by atoms with Gasteiger partial charge in [-0.2, -0.15) is 4.31 Å². The van der Waals surface area contributed by atoms with Crippen LogP contribution in [0, 0.1) is 11.8 Å². The SMILES string of the molecule is O=S(=O)(c1c(Cl)cc(Br)cc1Cl)N1CC2CNCC2C1. The summed E-state index contributed by atoms with van der Waals surface area (Å²) in [5, 5.41) is 3.59. The minimum atomic E-state index is -3.64. The highest BCUT2D eigenvalue weighted by Gasteiger charge is 2.42. The van der Waals surface area contributed by atoms with E-state index >= 15 is 0 Å². The second kappa shape index (κ2) is 5.41. The van der Waals surface area contributed by atoms with Crippen LogP contribution in [0.25, 0.3) is 0 Å². The highest BCUT2D eigenvalue weighted by atomic mass is 79.9. The van der Waals surface area contributed by atoms with Gasteiger partial charge in [0.05, 0.1) is 10.0 Å². The fraction of sp³-hybridized carbons (Fsp3) is 0.500. The first-order chi connectivity index (χ1) is 9.39. The molecule has 2 aliphatic heterocycles. The molecule has 2 aliphatic rings. The first-order valence-electron chi connectivity index (χ1n) is 6.25. The molecule has 0 spiro atoms. The molecule has 8 heteroatoms. The minimum Gasteiger partial charge on any atom is -0.316 e. The summed E-state index contributed by atoms with van der Waals surface area (Å²) in [6.07, 6.45) is 0. The zero-order valence-electron chi connectivity index (χ0n) is 10.4. The Morgan fingerprint density at radius 3 is 2.15 bits per heavy atom. The third-order valence-corrected chi connectivity index (χ3v) is 7.13. The lowest BCUT2D eigenvalue weighted by Crippen LogP contribution is -2.32. The topological polar surface area (TPSA) is 49.4 Å². The van der Waals surface area contributed by atoms with Gasteiger partial charge in [0.15, 0.2) is 0 Å². The molecule has 1 aromatic rings. The average Bonchev–Trinajstić information content (AvgIpc) is 2.85. The number of nitrogens with one attached hydrogen (secondary N) is 1. The molecule has 0 radical (unpaired) electrons. The van der Waals surface area contributed by atoms with E-state index in [0.717, 1.165) is 13.1 Å². The molecule has 0 bridgehead atoms. The highest BCUT2D eigenvalue weighted by molar-refractivity contribution is 9.10.